The van der Waals surface area contributed by atoms with Gasteiger partial charge in [-0.15, -0.1) is 0 Å². The third kappa shape index (κ3) is 4.19. The second-order valence-electron chi connectivity index (χ2n) is 7.08. The average Bonchev–Trinajstić information content (AvgIpc) is 3.35. The van der Waals surface area contributed by atoms with Crippen LogP contribution >= 0.6 is 11.8 Å². The highest BCUT2D eigenvalue weighted by Crippen LogP contribution is 2.26. The molecule has 0 aliphatic carbocycles. The van der Waals surface area contributed by atoms with Crippen molar-refractivity contribution in [3.8, 4) is 0 Å². The van der Waals surface area contributed by atoms with E-state index < -0.39 is 0 Å². The van der Waals surface area contributed by atoms with E-state index in [9.17, 15) is 9.18 Å². The normalized spacial score (nSPS) is 16.5. The predicted octanol–water partition coefficient (Wildman–Crippen LogP) is 2.69. The van der Waals surface area contributed by atoms with Crippen molar-refractivity contribution in [3.05, 3.63) is 42.1 Å². The molecule has 2 aromatic heterocycles. The van der Waals surface area contributed by atoms with Crippen molar-refractivity contribution in [1.82, 2.24) is 24.8 Å². The fourth-order valence-electron chi connectivity index (χ4n) is 3.57. The highest BCUT2D eigenvalue weighted by atomic mass is 32.2. The molecule has 0 saturated carbocycles. The van der Waals surface area contributed by atoms with Crippen LogP contribution in [0.3, 0.4) is 0 Å². The van der Waals surface area contributed by atoms with Crippen LogP contribution in [0.5, 0.6) is 0 Å². The first-order valence-corrected chi connectivity index (χ1v) is 10.6. The second kappa shape index (κ2) is 8.36. The Labute approximate surface area is 172 Å². The lowest BCUT2D eigenvalue weighted by atomic mass is 10.2. The maximum Gasteiger partial charge on any atom is 0.242 e. The number of nitrogens with one attached hydrogen (secondary N) is 1. The van der Waals surface area contributed by atoms with E-state index in [0.717, 1.165) is 30.3 Å². The van der Waals surface area contributed by atoms with Gasteiger partial charge >= 0.3 is 0 Å². The zero-order valence-corrected chi connectivity index (χ0v) is 17.2. The van der Waals surface area contributed by atoms with Gasteiger partial charge in [-0.25, -0.2) is 19.3 Å². The van der Waals surface area contributed by atoms with Crippen molar-refractivity contribution in [1.29, 1.82) is 0 Å². The number of rotatable bonds is 6. The van der Waals surface area contributed by atoms with Crippen LogP contribution in [0, 0.1) is 12.7 Å². The van der Waals surface area contributed by atoms with Gasteiger partial charge in [0, 0.05) is 43.7 Å². The number of hydrogen-bond acceptors (Lipinski definition) is 6. The SMILES string of the molecule is Cc1nc(N2CCC[C@@H]2C(=O)NCCSc2nccn2C)nc2ccc(F)cc12. The minimum atomic E-state index is -0.307. The van der Waals surface area contributed by atoms with Crippen molar-refractivity contribution in [2.75, 3.05) is 23.7 Å². The lowest BCUT2D eigenvalue weighted by Crippen LogP contribution is -2.44. The molecule has 7 nitrogen and oxygen atoms in total. The molecule has 1 atom stereocenters. The molecule has 1 N–H and O–H groups in total. The number of fused-ring (bicyclic) bond motifs is 1. The quantitative estimate of drug-likeness (QED) is 0.494. The van der Waals surface area contributed by atoms with E-state index >= 15 is 0 Å². The van der Waals surface area contributed by atoms with Gasteiger partial charge in [-0.05, 0) is 38.0 Å². The van der Waals surface area contributed by atoms with Crippen LogP contribution in [-0.2, 0) is 11.8 Å². The molecule has 152 valence electrons. The third-order valence-electron chi connectivity index (χ3n) is 5.06. The number of nitrogens with zero attached hydrogens (tertiary/aromatic N) is 5. The van der Waals surface area contributed by atoms with Gasteiger partial charge in [0.2, 0.25) is 11.9 Å². The minimum Gasteiger partial charge on any atom is -0.353 e. The number of benzene rings is 1. The van der Waals surface area contributed by atoms with E-state index in [1.54, 1.807) is 24.0 Å². The summed E-state index contributed by atoms with van der Waals surface area (Å²) in [4.78, 5) is 28.1. The molecule has 0 bridgehead atoms. The fraction of sp³-hybridized carbons (Fsp3) is 0.400. The van der Waals surface area contributed by atoms with Gasteiger partial charge in [0.05, 0.1) is 11.2 Å². The summed E-state index contributed by atoms with van der Waals surface area (Å²) >= 11 is 1.61. The zero-order valence-electron chi connectivity index (χ0n) is 16.4. The first-order chi connectivity index (χ1) is 14.0. The fourth-order valence-corrected chi connectivity index (χ4v) is 4.36. The van der Waals surface area contributed by atoms with E-state index in [1.165, 1.54) is 12.1 Å². The molecular formula is C20H23FN6OS. The summed E-state index contributed by atoms with van der Waals surface area (Å²) in [6.45, 7) is 3.14. The van der Waals surface area contributed by atoms with Gasteiger partial charge in [0.1, 0.15) is 11.9 Å². The molecule has 1 saturated heterocycles. The molecule has 1 aliphatic rings. The Kier molecular flexibility index (Phi) is 5.66. The monoisotopic (exact) mass is 414 g/mol. The molecule has 1 amide bonds. The van der Waals surface area contributed by atoms with E-state index in [4.69, 9.17) is 0 Å². The molecule has 0 spiro atoms. The summed E-state index contributed by atoms with van der Waals surface area (Å²) < 4.78 is 15.5. The molecule has 0 unspecified atom stereocenters. The summed E-state index contributed by atoms with van der Waals surface area (Å²) in [5.41, 5.74) is 1.40. The Bertz CT molecular complexity index is 1040. The Morgan fingerprint density at radius 1 is 1.38 bits per heavy atom. The number of amides is 1. The summed E-state index contributed by atoms with van der Waals surface area (Å²) in [5, 5.41) is 4.65. The molecule has 29 heavy (non-hydrogen) atoms. The summed E-state index contributed by atoms with van der Waals surface area (Å²) in [5.74, 6) is 0.962. The van der Waals surface area contributed by atoms with E-state index in [-0.39, 0.29) is 17.8 Å². The van der Waals surface area contributed by atoms with Gasteiger partial charge in [0.25, 0.3) is 0 Å². The molecule has 1 aliphatic heterocycles. The van der Waals surface area contributed by atoms with Gasteiger partial charge in [-0.1, -0.05) is 11.8 Å². The number of carbonyl (C=O) groups excluding carboxylic acids is 1. The Balaban J connectivity index is 1.42. The topological polar surface area (TPSA) is 75.9 Å². The smallest absolute Gasteiger partial charge is 0.242 e. The predicted molar refractivity (Wildman–Crippen MR) is 112 cm³/mol. The average molecular weight is 415 g/mol. The summed E-state index contributed by atoms with van der Waals surface area (Å²) in [6.07, 6.45) is 5.33. The van der Waals surface area contributed by atoms with Crippen LogP contribution in [0.1, 0.15) is 18.5 Å². The van der Waals surface area contributed by atoms with E-state index in [1.807, 2.05) is 29.6 Å². The lowest BCUT2D eigenvalue weighted by Gasteiger charge is -2.24. The summed E-state index contributed by atoms with van der Waals surface area (Å²) in [6, 6.07) is 4.21. The molecule has 3 aromatic rings. The van der Waals surface area contributed by atoms with Crippen LogP contribution in [0.4, 0.5) is 10.3 Å². The number of thioether (sulfide) groups is 1. The van der Waals surface area contributed by atoms with Gasteiger partial charge < -0.3 is 14.8 Å². The highest BCUT2D eigenvalue weighted by molar-refractivity contribution is 7.99. The number of anilines is 1. The number of carbonyl (C=O) groups is 1. The Hall–Kier alpha value is -2.68. The van der Waals surface area contributed by atoms with Crippen LogP contribution in [0.2, 0.25) is 0 Å². The summed E-state index contributed by atoms with van der Waals surface area (Å²) in [7, 11) is 1.95. The zero-order chi connectivity index (χ0) is 20.4. The van der Waals surface area contributed by atoms with Crippen LogP contribution in [0.15, 0.2) is 35.7 Å². The van der Waals surface area contributed by atoms with Crippen molar-refractivity contribution < 1.29 is 9.18 Å². The highest BCUT2D eigenvalue weighted by Gasteiger charge is 2.32. The lowest BCUT2D eigenvalue weighted by molar-refractivity contribution is -0.122. The molecule has 1 fully saturated rings. The second-order valence-corrected chi connectivity index (χ2v) is 8.14. The van der Waals surface area contributed by atoms with Gasteiger partial charge in [-0.2, -0.15) is 0 Å². The third-order valence-corrected chi connectivity index (χ3v) is 6.12. The van der Waals surface area contributed by atoms with Crippen molar-refractivity contribution >= 4 is 34.5 Å². The largest absolute Gasteiger partial charge is 0.353 e. The van der Waals surface area contributed by atoms with Gasteiger partial charge in [0.15, 0.2) is 5.16 Å². The first kappa shape index (κ1) is 19.6. The maximum absolute atomic E-state index is 13.5. The molecule has 3 heterocycles. The van der Waals surface area contributed by atoms with Crippen LogP contribution < -0.4 is 10.2 Å². The number of hydrogen-bond donors (Lipinski definition) is 1. The van der Waals surface area contributed by atoms with E-state index in [0.29, 0.717) is 29.1 Å². The van der Waals surface area contributed by atoms with Crippen molar-refractivity contribution in [2.24, 2.45) is 7.05 Å². The standard InChI is InChI=1S/C20H23FN6OS/c1-13-15-12-14(21)5-6-16(15)25-19(24-13)27-9-3-4-17(27)18(28)22-8-11-29-20-23-7-10-26(20)2/h5-7,10,12,17H,3-4,8-9,11H2,1-2H3,(H,22,28)/t17-/m1/s1. The maximum atomic E-state index is 13.5. The number of imidazole rings is 1. The number of halogens is 1. The molecular weight excluding hydrogens is 391 g/mol. The Morgan fingerprint density at radius 3 is 3.03 bits per heavy atom. The van der Waals surface area contributed by atoms with Gasteiger partial charge in [-0.3, -0.25) is 4.79 Å². The van der Waals surface area contributed by atoms with Crippen LogP contribution in [0.25, 0.3) is 10.9 Å². The number of aryl methyl sites for hydroxylation is 2. The van der Waals surface area contributed by atoms with Crippen LogP contribution in [-0.4, -0.2) is 50.3 Å². The van der Waals surface area contributed by atoms with E-state index in [2.05, 4.69) is 20.3 Å². The van der Waals surface area contributed by atoms with Crippen molar-refractivity contribution in [2.45, 2.75) is 31.0 Å². The first-order valence-electron chi connectivity index (χ1n) is 9.61. The molecule has 0 radical (unpaired) electrons. The van der Waals surface area contributed by atoms with Crippen molar-refractivity contribution in [3.63, 3.8) is 0 Å². The molecule has 1 aromatic carbocycles. The molecule has 9 heteroatoms. The Morgan fingerprint density at radius 2 is 2.24 bits per heavy atom. The minimum absolute atomic E-state index is 0.0107. The molecule has 4 rings (SSSR count). The number of aromatic nitrogens is 4.